The summed E-state index contributed by atoms with van der Waals surface area (Å²) in [4.78, 5) is 4.39. The first-order valence-electron chi connectivity index (χ1n) is 8.55. The van der Waals surface area contributed by atoms with Crippen molar-refractivity contribution in [1.29, 1.82) is 0 Å². The van der Waals surface area contributed by atoms with Gasteiger partial charge in [-0.15, -0.1) is 0 Å². The summed E-state index contributed by atoms with van der Waals surface area (Å²) in [5.41, 5.74) is 3.46. The van der Waals surface area contributed by atoms with E-state index in [4.69, 9.17) is 28.3 Å². The number of phenolic OH excluding ortho intramolecular Hbond substituents is 1. The van der Waals surface area contributed by atoms with Crippen molar-refractivity contribution >= 4 is 35.1 Å². The molecule has 0 aliphatic rings. The molecule has 0 aliphatic carbocycles. The Morgan fingerprint density at radius 1 is 0.893 bits per heavy atom. The Balaban J connectivity index is 1.86. The monoisotopic (exact) mass is 407 g/mol. The highest BCUT2D eigenvalue weighted by molar-refractivity contribution is 6.33. The van der Waals surface area contributed by atoms with E-state index in [-0.39, 0.29) is 5.75 Å². The van der Waals surface area contributed by atoms with Crippen molar-refractivity contribution in [3.63, 3.8) is 0 Å². The van der Waals surface area contributed by atoms with Gasteiger partial charge in [-0.3, -0.25) is 4.99 Å². The third kappa shape index (κ3) is 3.65. The van der Waals surface area contributed by atoms with Crippen LogP contribution in [0.4, 0.5) is 5.69 Å². The van der Waals surface area contributed by atoms with Gasteiger partial charge in [-0.25, -0.2) is 4.68 Å². The van der Waals surface area contributed by atoms with Crippen molar-refractivity contribution in [3.05, 3.63) is 94.6 Å². The van der Waals surface area contributed by atoms with Crippen molar-refractivity contribution in [2.24, 2.45) is 4.99 Å². The number of halogens is 2. The smallest absolute Gasteiger partial charge is 0.142 e. The molecule has 1 N–H and O–H groups in total. The van der Waals surface area contributed by atoms with Crippen LogP contribution in [0.15, 0.2) is 83.9 Å². The molecule has 0 saturated carbocycles. The van der Waals surface area contributed by atoms with Gasteiger partial charge in [0.2, 0.25) is 0 Å². The summed E-state index contributed by atoms with van der Waals surface area (Å²) in [6, 6.07) is 24.1. The Hall–Kier alpha value is -3.08. The zero-order valence-corrected chi connectivity index (χ0v) is 16.1. The standard InChI is InChI=1S/C22H15Cl2N3O/c23-16-11-12-20(28)19(13-16)25-14-18-21(15-7-3-1-4-8-15)26-27(22(18)24)17-9-5-2-6-10-17/h1-14,28H. The molecule has 0 radical (unpaired) electrons. The van der Waals surface area contributed by atoms with E-state index in [0.29, 0.717) is 27.1 Å². The number of phenols is 1. The van der Waals surface area contributed by atoms with Gasteiger partial charge in [0.25, 0.3) is 0 Å². The number of nitrogens with zero attached hydrogens (tertiary/aromatic N) is 3. The highest BCUT2D eigenvalue weighted by atomic mass is 35.5. The molecule has 0 bridgehead atoms. The van der Waals surface area contributed by atoms with Crippen LogP contribution < -0.4 is 0 Å². The topological polar surface area (TPSA) is 50.4 Å². The molecule has 0 amide bonds. The molecular weight excluding hydrogens is 393 g/mol. The molecule has 1 heterocycles. The fraction of sp³-hybridized carbons (Fsp3) is 0. The van der Waals surface area contributed by atoms with E-state index >= 15 is 0 Å². The first-order valence-corrected chi connectivity index (χ1v) is 9.31. The summed E-state index contributed by atoms with van der Waals surface area (Å²) in [5.74, 6) is 0.0356. The van der Waals surface area contributed by atoms with Gasteiger partial charge in [-0.1, -0.05) is 71.7 Å². The van der Waals surface area contributed by atoms with E-state index in [9.17, 15) is 5.11 Å². The van der Waals surface area contributed by atoms with Crippen molar-refractivity contribution in [1.82, 2.24) is 9.78 Å². The second-order valence-corrected chi connectivity index (χ2v) is 6.85. The average molecular weight is 408 g/mol. The first kappa shape index (κ1) is 18.3. The van der Waals surface area contributed by atoms with Crippen LogP contribution in [0.5, 0.6) is 5.75 Å². The van der Waals surface area contributed by atoms with Gasteiger partial charge in [0.1, 0.15) is 22.3 Å². The summed E-state index contributed by atoms with van der Waals surface area (Å²) in [7, 11) is 0. The second kappa shape index (κ2) is 7.89. The van der Waals surface area contributed by atoms with Crippen LogP contribution in [0, 0.1) is 0 Å². The molecule has 0 unspecified atom stereocenters. The van der Waals surface area contributed by atoms with Gasteiger partial charge in [0.15, 0.2) is 0 Å². The fourth-order valence-corrected chi connectivity index (χ4v) is 3.25. The van der Waals surface area contributed by atoms with Crippen LogP contribution >= 0.6 is 23.2 Å². The second-order valence-electron chi connectivity index (χ2n) is 6.06. The lowest BCUT2D eigenvalue weighted by molar-refractivity contribution is 0.477. The number of hydrogen-bond donors (Lipinski definition) is 1. The number of aromatic nitrogens is 2. The predicted molar refractivity (Wildman–Crippen MR) is 114 cm³/mol. The summed E-state index contributed by atoms with van der Waals surface area (Å²) in [6.07, 6.45) is 1.60. The summed E-state index contributed by atoms with van der Waals surface area (Å²) in [5, 5.41) is 15.6. The molecule has 0 fully saturated rings. The summed E-state index contributed by atoms with van der Waals surface area (Å²) >= 11 is 12.7. The van der Waals surface area contributed by atoms with Crippen LogP contribution in [0.25, 0.3) is 16.9 Å². The molecule has 138 valence electrons. The molecule has 0 aliphatic heterocycles. The zero-order valence-electron chi connectivity index (χ0n) is 14.6. The SMILES string of the molecule is Oc1ccc(Cl)cc1N=Cc1c(-c2ccccc2)nn(-c2ccccc2)c1Cl. The van der Waals surface area contributed by atoms with Gasteiger partial charge >= 0.3 is 0 Å². The van der Waals surface area contributed by atoms with Crippen molar-refractivity contribution in [2.45, 2.75) is 0 Å². The molecule has 0 saturated heterocycles. The van der Waals surface area contributed by atoms with E-state index in [1.807, 2.05) is 60.7 Å². The highest BCUT2D eigenvalue weighted by Crippen LogP contribution is 2.32. The molecule has 4 nitrogen and oxygen atoms in total. The number of aromatic hydroxyl groups is 1. The van der Waals surface area contributed by atoms with E-state index in [1.54, 1.807) is 23.0 Å². The van der Waals surface area contributed by atoms with Gasteiger partial charge in [-0.2, -0.15) is 5.10 Å². The molecule has 4 aromatic rings. The molecule has 6 heteroatoms. The number of benzene rings is 3. The average Bonchev–Trinajstić information content (AvgIpc) is 3.06. The van der Waals surface area contributed by atoms with Gasteiger partial charge < -0.3 is 5.11 Å². The third-order valence-electron chi connectivity index (χ3n) is 4.18. The van der Waals surface area contributed by atoms with Gasteiger partial charge in [0.05, 0.1) is 11.3 Å². The molecule has 1 aromatic heterocycles. The first-order chi connectivity index (χ1) is 13.6. The Morgan fingerprint density at radius 2 is 1.57 bits per heavy atom. The van der Waals surface area contributed by atoms with Crippen LogP contribution in [0.2, 0.25) is 10.2 Å². The maximum absolute atomic E-state index is 10.0. The molecule has 28 heavy (non-hydrogen) atoms. The van der Waals surface area contributed by atoms with Gasteiger partial charge in [-0.05, 0) is 30.3 Å². The largest absolute Gasteiger partial charge is 0.506 e. The lowest BCUT2D eigenvalue weighted by atomic mass is 10.1. The quantitative estimate of drug-likeness (QED) is 0.403. The fourth-order valence-electron chi connectivity index (χ4n) is 2.81. The molecule has 4 rings (SSSR count). The van der Waals surface area contributed by atoms with Crippen LogP contribution in [-0.4, -0.2) is 21.1 Å². The van der Waals surface area contributed by atoms with Crippen LogP contribution in [-0.2, 0) is 0 Å². The van der Waals surface area contributed by atoms with E-state index in [0.717, 1.165) is 11.3 Å². The zero-order chi connectivity index (χ0) is 19.5. The Morgan fingerprint density at radius 3 is 2.29 bits per heavy atom. The summed E-state index contributed by atoms with van der Waals surface area (Å²) in [6.45, 7) is 0. The van der Waals surface area contributed by atoms with Crippen molar-refractivity contribution < 1.29 is 5.11 Å². The number of aliphatic imine (C=N–C) groups is 1. The van der Waals surface area contributed by atoms with Gasteiger partial charge in [0, 0.05) is 16.8 Å². The highest BCUT2D eigenvalue weighted by Gasteiger charge is 2.17. The Kier molecular flexibility index (Phi) is 5.15. The van der Waals surface area contributed by atoms with Crippen LogP contribution in [0.1, 0.15) is 5.56 Å². The summed E-state index contributed by atoms with van der Waals surface area (Å²) < 4.78 is 1.67. The molecule has 0 spiro atoms. The lowest BCUT2D eigenvalue weighted by Crippen LogP contribution is -1.96. The number of para-hydroxylation sites is 1. The van der Waals surface area contributed by atoms with E-state index in [1.165, 1.54) is 6.07 Å². The maximum atomic E-state index is 10.0. The van der Waals surface area contributed by atoms with Crippen molar-refractivity contribution in [2.75, 3.05) is 0 Å². The molecule has 0 atom stereocenters. The minimum absolute atomic E-state index is 0.0356. The minimum Gasteiger partial charge on any atom is -0.506 e. The van der Waals surface area contributed by atoms with E-state index < -0.39 is 0 Å². The van der Waals surface area contributed by atoms with E-state index in [2.05, 4.69) is 4.99 Å². The molecular formula is C22H15Cl2N3O. The Labute approximate surface area is 172 Å². The maximum Gasteiger partial charge on any atom is 0.142 e. The minimum atomic E-state index is 0.0356. The van der Waals surface area contributed by atoms with Crippen LogP contribution in [0.3, 0.4) is 0 Å². The normalized spacial score (nSPS) is 11.2. The molecule has 3 aromatic carbocycles. The predicted octanol–water partition coefficient (Wildman–Crippen LogP) is 6.30. The van der Waals surface area contributed by atoms with Crippen molar-refractivity contribution in [3.8, 4) is 22.7 Å². The lowest BCUT2D eigenvalue weighted by Gasteiger charge is -2.02. The number of hydrogen-bond acceptors (Lipinski definition) is 3. The Bertz CT molecular complexity index is 1140. The number of rotatable bonds is 4. The third-order valence-corrected chi connectivity index (χ3v) is 4.78.